The van der Waals surface area contributed by atoms with Crippen LogP contribution in [0.5, 0.6) is 11.5 Å². The second-order valence-electron chi connectivity index (χ2n) is 6.71. The molecule has 0 radical (unpaired) electrons. The van der Waals surface area contributed by atoms with Crippen molar-refractivity contribution in [2.75, 3.05) is 0 Å². The maximum Gasteiger partial charge on any atom is 0.494 e. The largest absolute Gasteiger partial charge is 0.494 e. The fourth-order valence-electron chi connectivity index (χ4n) is 2.31. The van der Waals surface area contributed by atoms with Gasteiger partial charge in [0.2, 0.25) is 0 Å². The van der Waals surface area contributed by atoms with Crippen LogP contribution in [0.4, 0.5) is 0 Å². The maximum atomic E-state index is 6.05. The molecule has 0 aromatic heterocycles. The van der Waals surface area contributed by atoms with Crippen molar-refractivity contribution >= 4 is 28.5 Å². The van der Waals surface area contributed by atoms with Gasteiger partial charge in [0, 0.05) is 4.47 Å². The summed E-state index contributed by atoms with van der Waals surface area (Å²) in [5.74, 6) is 1.59. The molecule has 0 unspecified atom stereocenters. The molecule has 0 spiro atoms. The molecular weight excluding hydrogens is 355 g/mol. The molecule has 23 heavy (non-hydrogen) atoms. The lowest BCUT2D eigenvalue weighted by atomic mass is 9.79. The smallest absolute Gasteiger partial charge is 0.457 e. The van der Waals surface area contributed by atoms with Crippen molar-refractivity contribution in [3.63, 3.8) is 0 Å². The van der Waals surface area contributed by atoms with Crippen molar-refractivity contribution in [1.29, 1.82) is 0 Å². The molecule has 5 heteroatoms. The van der Waals surface area contributed by atoms with Crippen molar-refractivity contribution in [2.45, 2.75) is 38.9 Å². The molecule has 0 atom stereocenters. The van der Waals surface area contributed by atoms with Crippen LogP contribution in [0, 0.1) is 0 Å². The van der Waals surface area contributed by atoms with Gasteiger partial charge in [-0.25, -0.2) is 0 Å². The van der Waals surface area contributed by atoms with Crippen LogP contribution in [0.1, 0.15) is 27.7 Å². The molecule has 0 bridgehead atoms. The van der Waals surface area contributed by atoms with Crippen molar-refractivity contribution < 1.29 is 14.0 Å². The highest BCUT2D eigenvalue weighted by atomic mass is 79.9. The molecular formula is C18H20BBrO3. The first-order valence-electron chi connectivity index (χ1n) is 7.66. The van der Waals surface area contributed by atoms with E-state index < -0.39 is 0 Å². The quantitative estimate of drug-likeness (QED) is 0.738. The zero-order valence-corrected chi connectivity index (χ0v) is 15.4. The minimum Gasteiger partial charge on any atom is -0.457 e. The van der Waals surface area contributed by atoms with Gasteiger partial charge < -0.3 is 14.0 Å². The Bertz CT molecular complexity index is 664. The average Bonchev–Trinajstić information content (AvgIpc) is 2.71. The van der Waals surface area contributed by atoms with E-state index in [1.807, 2.05) is 48.5 Å². The van der Waals surface area contributed by atoms with Crippen LogP contribution in [0.25, 0.3) is 0 Å². The van der Waals surface area contributed by atoms with Gasteiger partial charge >= 0.3 is 7.12 Å². The summed E-state index contributed by atoms with van der Waals surface area (Å²) >= 11 is 3.41. The zero-order chi connectivity index (χ0) is 16.7. The van der Waals surface area contributed by atoms with Crippen molar-refractivity contribution in [3.8, 4) is 11.5 Å². The van der Waals surface area contributed by atoms with E-state index in [-0.39, 0.29) is 18.3 Å². The molecule has 1 aliphatic rings. The van der Waals surface area contributed by atoms with E-state index in [9.17, 15) is 0 Å². The number of hydrogen-bond acceptors (Lipinski definition) is 3. The van der Waals surface area contributed by atoms with Gasteiger partial charge in [-0.2, -0.15) is 0 Å². The normalized spacial score (nSPS) is 18.9. The van der Waals surface area contributed by atoms with Crippen LogP contribution in [-0.2, 0) is 9.31 Å². The van der Waals surface area contributed by atoms with Gasteiger partial charge in [-0.1, -0.05) is 28.1 Å². The second kappa shape index (κ2) is 5.97. The Balaban J connectivity index is 1.72. The van der Waals surface area contributed by atoms with Crippen LogP contribution in [0.15, 0.2) is 53.0 Å². The topological polar surface area (TPSA) is 27.7 Å². The van der Waals surface area contributed by atoms with E-state index >= 15 is 0 Å². The van der Waals surface area contributed by atoms with Gasteiger partial charge in [0.15, 0.2) is 0 Å². The summed E-state index contributed by atoms with van der Waals surface area (Å²) in [6, 6.07) is 15.6. The third kappa shape index (κ3) is 3.47. The Morgan fingerprint density at radius 1 is 0.783 bits per heavy atom. The molecule has 0 N–H and O–H groups in total. The van der Waals surface area contributed by atoms with Crippen LogP contribution in [-0.4, -0.2) is 18.3 Å². The molecule has 2 aromatic rings. The third-order valence-corrected chi connectivity index (χ3v) is 4.98. The molecule has 1 heterocycles. The molecule has 2 aromatic carbocycles. The standard InChI is InChI=1S/C18H20BBrO3/c1-17(2)18(3,4)23-19(22-17)13-5-9-15(10-6-13)21-16-11-7-14(20)8-12-16/h5-12H,1-4H3. The summed E-state index contributed by atoms with van der Waals surface area (Å²) in [6.45, 7) is 8.21. The van der Waals surface area contributed by atoms with Gasteiger partial charge in [-0.3, -0.25) is 0 Å². The summed E-state index contributed by atoms with van der Waals surface area (Å²) in [4.78, 5) is 0. The highest BCUT2D eigenvalue weighted by Gasteiger charge is 2.51. The fourth-order valence-corrected chi connectivity index (χ4v) is 2.58. The van der Waals surface area contributed by atoms with Crippen LogP contribution >= 0.6 is 15.9 Å². The van der Waals surface area contributed by atoms with Gasteiger partial charge in [-0.05, 0) is 69.6 Å². The van der Waals surface area contributed by atoms with E-state index in [2.05, 4.69) is 43.6 Å². The molecule has 1 aliphatic heterocycles. The van der Waals surface area contributed by atoms with Crippen molar-refractivity contribution in [2.24, 2.45) is 0 Å². The summed E-state index contributed by atoms with van der Waals surface area (Å²) < 4.78 is 19.0. The van der Waals surface area contributed by atoms with Crippen LogP contribution in [0.3, 0.4) is 0 Å². The number of rotatable bonds is 3. The Morgan fingerprint density at radius 2 is 1.22 bits per heavy atom. The Kier molecular flexibility index (Phi) is 4.30. The van der Waals surface area contributed by atoms with Gasteiger partial charge in [0.1, 0.15) is 11.5 Å². The van der Waals surface area contributed by atoms with Gasteiger partial charge in [-0.15, -0.1) is 0 Å². The SMILES string of the molecule is CC1(C)OB(c2ccc(Oc3ccc(Br)cc3)cc2)OC1(C)C. The molecule has 3 nitrogen and oxygen atoms in total. The first kappa shape index (κ1) is 16.6. The molecule has 0 saturated carbocycles. The lowest BCUT2D eigenvalue weighted by Crippen LogP contribution is -2.41. The Morgan fingerprint density at radius 3 is 1.70 bits per heavy atom. The predicted octanol–water partition coefficient (Wildman–Crippen LogP) is 4.54. The van der Waals surface area contributed by atoms with E-state index in [0.29, 0.717) is 0 Å². The summed E-state index contributed by atoms with van der Waals surface area (Å²) in [5, 5.41) is 0. The number of ether oxygens (including phenoxy) is 1. The minimum absolute atomic E-state index is 0.329. The summed E-state index contributed by atoms with van der Waals surface area (Å²) in [5.41, 5.74) is 0.334. The second-order valence-corrected chi connectivity index (χ2v) is 7.63. The van der Waals surface area contributed by atoms with Gasteiger partial charge in [0.05, 0.1) is 11.2 Å². The third-order valence-electron chi connectivity index (χ3n) is 4.45. The number of halogens is 1. The van der Waals surface area contributed by atoms with Crippen LogP contribution in [0.2, 0.25) is 0 Å². The minimum atomic E-state index is -0.346. The first-order chi connectivity index (χ1) is 10.8. The molecule has 1 saturated heterocycles. The number of benzene rings is 2. The van der Waals surface area contributed by atoms with Crippen LogP contribution < -0.4 is 10.2 Å². The molecule has 0 amide bonds. The van der Waals surface area contributed by atoms with Gasteiger partial charge in [0.25, 0.3) is 0 Å². The average molecular weight is 375 g/mol. The predicted molar refractivity (Wildman–Crippen MR) is 96.4 cm³/mol. The number of hydrogen-bond donors (Lipinski definition) is 0. The van der Waals surface area contributed by atoms with Crippen molar-refractivity contribution in [3.05, 3.63) is 53.0 Å². The first-order valence-corrected chi connectivity index (χ1v) is 8.45. The highest BCUT2D eigenvalue weighted by molar-refractivity contribution is 9.10. The summed E-state index contributed by atoms with van der Waals surface area (Å²) in [6.07, 6.45) is 0. The molecule has 3 rings (SSSR count). The molecule has 1 fully saturated rings. The Hall–Kier alpha value is -1.30. The van der Waals surface area contributed by atoms with E-state index in [1.165, 1.54) is 0 Å². The zero-order valence-electron chi connectivity index (χ0n) is 13.8. The maximum absolute atomic E-state index is 6.05. The molecule has 0 aliphatic carbocycles. The van der Waals surface area contributed by atoms with E-state index in [4.69, 9.17) is 14.0 Å². The molecule has 120 valence electrons. The van der Waals surface area contributed by atoms with E-state index in [0.717, 1.165) is 21.4 Å². The van der Waals surface area contributed by atoms with E-state index in [1.54, 1.807) is 0 Å². The summed E-state index contributed by atoms with van der Waals surface area (Å²) in [7, 11) is -0.346. The monoisotopic (exact) mass is 374 g/mol. The lowest BCUT2D eigenvalue weighted by molar-refractivity contribution is 0.00578. The van der Waals surface area contributed by atoms with Crippen molar-refractivity contribution in [1.82, 2.24) is 0 Å². The Labute approximate surface area is 146 Å². The highest BCUT2D eigenvalue weighted by Crippen LogP contribution is 2.36. The fraction of sp³-hybridized carbons (Fsp3) is 0.333. The lowest BCUT2D eigenvalue weighted by Gasteiger charge is -2.32.